The fraction of sp³-hybridized carbons (Fsp3) is 0. The van der Waals surface area contributed by atoms with E-state index in [-0.39, 0.29) is 0 Å². The predicted octanol–water partition coefficient (Wildman–Crippen LogP) is 13.1. The van der Waals surface area contributed by atoms with Crippen LogP contribution in [-0.4, -0.2) is 15.0 Å². The van der Waals surface area contributed by atoms with Crippen molar-refractivity contribution in [2.75, 3.05) is 4.90 Å². The number of aromatic nitrogens is 3. The number of nitrogens with zero attached hydrogens (tertiary/aromatic N) is 4. The molecule has 0 saturated carbocycles. The van der Waals surface area contributed by atoms with Gasteiger partial charge in [0.25, 0.3) is 0 Å². The van der Waals surface area contributed by atoms with Gasteiger partial charge in [0.1, 0.15) is 11.2 Å². The van der Waals surface area contributed by atoms with E-state index in [0.29, 0.717) is 17.5 Å². The van der Waals surface area contributed by atoms with Gasteiger partial charge >= 0.3 is 0 Å². The second-order valence-electron chi connectivity index (χ2n) is 13.3. The van der Waals surface area contributed by atoms with Crippen molar-refractivity contribution in [1.82, 2.24) is 15.0 Å². The van der Waals surface area contributed by atoms with Crippen molar-refractivity contribution < 1.29 is 4.42 Å². The SMILES string of the molecule is c1ccc(-c2nc(-c3ccccc3)nc(-c3ccc4c(c3)oc3c(-c5ccc(N(c6ccccc6)c6ccccc6)cc5)c5ccccc5cc34)n2)cc1. The highest BCUT2D eigenvalue weighted by Crippen LogP contribution is 2.43. The molecule has 0 atom stereocenters. The van der Waals surface area contributed by atoms with Gasteiger partial charge in [-0.15, -0.1) is 0 Å². The Morgan fingerprint density at radius 3 is 1.43 bits per heavy atom. The number of furan rings is 1. The molecule has 2 heterocycles. The van der Waals surface area contributed by atoms with Crippen molar-refractivity contribution in [2.24, 2.45) is 0 Å². The summed E-state index contributed by atoms with van der Waals surface area (Å²) in [5.74, 6) is 1.84. The van der Waals surface area contributed by atoms with Crippen LogP contribution >= 0.6 is 0 Å². The molecule has 8 aromatic carbocycles. The Morgan fingerprint density at radius 2 is 0.833 bits per heavy atom. The van der Waals surface area contributed by atoms with E-state index in [1.807, 2.05) is 72.8 Å². The Hall–Kier alpha value is -7.37. The molecule has 2 aromatic heterocycles. The van der Waals surface area contributed by atoms with Crippen LogP contribution in [0.5, 0.6) is 0 Å². The third-order valence-corrected chi connectivity index (χ3v) is 9.89. The van der Waals surface area contributed by atoms with Crippen molar-refractivity contribution in [3.05, 3.63) is 194 Å². The molecule has 0 aliphatic heterocycles. The van der Waals surface area contributed by atoms with Gasteiger partial charge in [0, 0.05) is 50.1 Å². The highest BCUT2D eigenvalue weighted by molar-refractivity contribution is 6.18. The largest absolute Gasteiger partial charge is 0.455 e. The maximum atomic E-state index is 6.87. The molecule has 0 bridgehead atoms. The number of hydrogen-bond acceptors (Lipinski definition) is 5. The number of benzene rings is 8. The number of fused-ring (bicyclic) bond motifs is 4. The third-order valence-electron chi connectivity index (χ3n) is 9.89. The Balaban J connectivity index is 1.12. The van der Waals surface area contributed by atoms with Crippen molar-refractivity contribution in [3.8, 4) is 45.3 Å². The summed E-state index contributed by atoms with van der Waals surface area (Å²) in [5.41, 5.74) is 9.76. The number of para-hydroxylation sites is 2. The molecule has 10 rings (SSSR count). The van der Waals surface area contributed by atoms with Crippen molar-refractivity contribution in [3.63, 3.8) is 0 Å². The fourth-order valence-electron chi connectivity index (χ4n) is 7.32. The van der Waals surface area contributed by atoms with Crippen LogP contribution in [0.3, 0.4) is 0 Å². The van der Waals surface area contributed by atoms with E-state index < -0.39 is 0 Å². The van der Waals surface area contributed by atoms with Crippen LogP contribution < -0.4 is 4.90 Å². The summed E-state index contributed by atoms with van der Waals surface area (Å²) in [6.07, 6.45) is 0. The topological polar surface area (TPSA) is 55.1 Å². The molecule has 0 amide bonds. The van der Waals surface area contributed by atoms with Gasteiger partial charge < -0.3 is 9.32 Å². The zero-order chi connectivity index (χ0) is 35.8. The molecule has 0 aliphatic carbocycles. The first-order valence-electron chi connectivity index (χ1n) is 18.0. The minimum Gasteiger partial charge on any atom is -0.455 e. The molecule has 5 nitrogen and oxygen atoms in total. The van der Waals surface area contributed by atoms with Gasteiger partial charge in [-0.2, -0.15) is 0 Å². The molecular formula is C49H32N4O. The fourth-order valence-corrected chi connectivity index (χ4v) is 7.32. The lowest BCUT2D eigenvalue weighted by Crippen LogP contribution is -2.09. The summed E-state index contributed by atoms with van der Waals surface area (Å²) in [4.78, 5) is 17.1. The van der Waals surface area contributed by atoms with Crippen LogP contribution in [0.4, 0.5) is 17.1 Å². The third kappa shape index (κ3) is 5.65. The standard InChI is InChI=1S/C49H32N4O/c1-5-15-34(16-6-1)47-50-48(35-17-7-2-8-18-35)52-49(51-47)37-27-30-42-43-31-36-19-13-14-24-41(36)45(46(43)54-44(42)32-37)33-25-28-40(29-26-33)53(38-20-9-3-10-21-38)39-22-11-4-12-23-39/h1-32H. The first-order chi connectivity index (χ1) is 26.8. The number of rotatable bonds is 7. The second-order valence-corrected chi connectivity index (χ2v) is 13.3. The van der Waals surface area contributed by atoms with Gasteiger partial charge in [-0.3, -0.25) is 0 Å². The minimum absolute atomic E-state index is 0.590. The molecule has 0 radical (unpaired) electrons. The molecule has 5 heteroatoms. The lowest BCUT2D eigenvalue weighted by molar-refractivity contribution is 0.670. The predicted molar refractivity (Wildman–Crippen MR) is 221 cm³/mol. The van der Waals surface area contributed by atoms with E-state index in [1.165, 1.54) is 0 Å². The zero-order valence-electron chi connectivity index (χ0n) is 29.2. The first-order valence-corrected chi connectivity index (χ1v) is 18.0. The summed E-state index contributed by atoms with van der Waals surface area (Å²) < 4.78 is 6.87. The molecule has 0 aliphatic rings. The maximum Gasteiger partial charge on any atom is 0.164 e. The molecule has 0 N–H and O–H groups in total. The van der Waals surface area contributed by atoms with Crippen LogP contribution in [0.1, 0.15) is 0 Å². The van der Waals surface area contributed by atoms with Crippen LogP contribution in [0.2, 0.25) is 0 Å². The molecule has 254 valence electrons. The average molecular weight is 693 g/mol. The monoisotopic (exact) mass is 692 g/mol. The Morgan fingerprint density at radius 1 is 0.352 bits per heavy atom. The van der Waals surface area contributed by atoms with Crippen LogP contribution in [-0.2, 0) is 0 Å². The van der Waals surface area contributed by atoms with Crippen LogP contribution in [0.15, 0.2) is 199 Å². The molecular weight excluding hydrogens is 661 g/mol. The van der Waals surface area contributed by atoms with E-state index >= 15 is 0 Å². The minimum atomic E-state index is 0.590. The lowest BCUT2D eigenvalue weighted by Gasteiger charge is -2.25. The Labute approximate surface area is 312 Å². The molecule has 0 saturated heterocycles. The molecule has 0 fully saturated rings. The van der Waals surface area contributed by atoms with E-state index in [1.54, 1.807) is 0 Å². The van der Waals surface area contributed by atoms with E-state index in [0.717, 1.165) is 77.6 Å². The summed E-state index contributed by atoms with van der Waals surface area (Å²) in [6, 6.07) is 66.9. The normalized spacial score (nSPS) is 11.3. The highest BCUT2D eigenvalue weighted by atomic mass is 16.3. The van der Waals surface area contributed by atoms with Gasteiger partial charge in [-0.05, 0) is 70.9 Å². The number of anilines is 3. The Kier molecular flexibility index (Phi) is 7.73. The maximum absolute atomic E-state index is 6.87. The average Bonchev–Trinajstić information content (AvgIpc) is 3.62. The van der Waals surface area contributed by atoms with Gasteiger partial charge in [0.15, 0.2) is 17.5 Å². The van der Waals surface area contributed by atoms with Crippen LogP contribution in [0.25, 0.3) is 78.0 Å². The van der Waals surface area contributed by atoms with E-state index in [9.17, 15) is 0 Å². The van der Waals surface area contributed by atoms with E-state index in [4.69, 9.17) is 19.4 Å². The van der Waals surface area contributed by atoms with Gasteiger partial charge in [0.2, 0.25) is 0 Å². The van der Waals surface area contributed by atoms with Crippen molar-refractivity contribution in [1.29, 1.82) is 0 Å². The summed E-state index contributed by atoms with van der Waals surface area (Å²) in [7, 11) is 0. The number of hydrogen-bond donors (Lipinski definition) is 0. The molecule has 10 aromatic rings. The molecule has 0 spiro atoms. The highest BCUT2D eigenvalue weighted by Gasteiger charge is 2.20. The van der Waals surface area contributed by atoms with Gasteiger partial charge in [-0.25, -0.2) is 15.0 Å². The Bertz CT molecular complexity index is 2810. The lowest BCUT2D eigenvalue weighted by atomic mass is 9.95. The summed E-state index contributed by atoms with van der Waals surface area (Å²) in [5, 5.41) is 4.40. The van der Waals surface area contributed by atoms with Gasteiger partial charge in [-0.1, -0.05) is 140 Å². The summed E-state index contributed by atoms with van der Waals surface area (Å²) in [6.45, 7) is 0. The van der Waals surface area contributed by atoms with Crippen molar-refractivity contribution in [2.45, 2.75) is 0 Å². The second kappa shape index (κ2) is 13.3. The molecule has 0 unspecified atom stereocenters. The van der Waals surface area contributed by atoms with Crippen molar-refractivity contribution >= 4 is 49.8 Å². The van der Waals surface area contributed by atoms with Gasteiger partial charge in [0.05, 0.1) is 0 Å². The summed E-state index contributed by atoms with van der Waals surface area (Å²) >= 11 is 0. The first kappa shape index (κ1) is 31.4. The quantitative estimate of drug-likeness (QED) is 0.166. The van der Waals surface area contributed by atoms with E-state index in [2.05, 4.69) is 126 Å². The zero-order valence-corrected chi connectivity index (χ0v) is 29.2. The smallest absolute Gasteiger partial charge is 0.164 e. The molecule has 54 heavy (non-hydrogen) atoms. The van der Waals surface area contributed by atoms with Crippen LogP contribution in [0, 0.1) is 0 Å².